The van der Waals surface area contributed by atoms with Crippen LogP contribution in [-0.2, 0) is 9.53 Å². The first-order valence-electron chi connectivity index (χ1n) is 5.57. The van der Waals surface area contributed by atoms with Crippen molar-refractivity contribution >= 4 is 5.97 Å². The summed E-state index contributed by atoms with van der Waals surface area (Å²) in [6.07, 6.45) is -1.24. The summed E-state index contributed by atoms with van der Waals surface area (Å²) in [5, 5.41) is 18.6. The van der Waals surface area contributed by atoms with Crippen molar-refractivity contribution in [2.24, 2.45) is 0 Å². The standard InChI is InChI=1S/C13H14F2O4/c1-2-19-11(17)7-8-13(14,15)12(18)9-3-5-10(16)6-4-9/h3-8,12,16,18H,2H2,1H3/b8-7+. The van der Waals surface area contributed by atoms with E-state index in [4.69, 9.17) is 5.11 Å². The topological polar surface area (TPSA) is 66.8 Å². The van der Waals surface area contributed by atoms with Gasteiger partial charge in [-0.2, -0.15) is 8.78 Å². The van der Waals surface area contributed by atoms with Crippen LogP contribution >= 0.6 is 0 Å². The molecule has 0 aromatic heterocycles. The van der Waals surface area contributed by atoms with Crippen molar-refractivity contribution < 1.29 is 28.5 Å². The second kappa shape index (κ2) is 6.29. The molecule has 0 aliphatic rings. The second-order valence-corrected chi connectivity index (χ2v) is 3.75. The summed E-state index contributed by atoms with van der Waals surface area (Å²) in [7, 11) is 0. The molecule has 104 valence electrons. The number of benzene rings is 1. The minimum absolute atomic E-state index is 0.0729. The van der Waals surface area contributed by atoms with E-state index in [1.165, 1.54) is 24.3 Å². The summed E-state index contributed by atoms with van der Waals surface area (Å²) in [5.41, 5.74) is -0.0729. The highest BCUT2D eigenvalue weighted by atomic mass is 19.3. The number of phenols is 1. The first-order valence-corrected chi connectivity index (χ1v) is 5.57. The molecule has 0 saturated carbocycles. The molecule has 0 spiro atoms. The zero-order chi connectivity index (χ0) is 14.5. The van der Waals surface area contributed by atoms with Crippen LogP contribution in [0.1, 0.15) is 18.6 Å². The van der Waals surface area contributed by atoms with Crippen LogP contribution in [0.2, 0.25) is 0 Å². The van der Waals surface area contributed by atoms with Gasteiger partial charge in [-0.1, -0.05) is 12.1 Å². The Kier molecular flexibility index (Phi) is 5.00. The van der Waals surface area contributed by atoms with Gasteiger partial charge < -0.3 is 14.9 Å². The predicted octanol–water partition coefficient (Wildman–Crippen LogP) is 2.18. The zero-order valence-electron chi connectivity index (χ0n) is 10.2. The summed E-state index contributed by atoms with van der Waals surface area (Å²) < 4.78 is 31.7. The van der Waals surface area contributed by atoms with Crippen LogP contribution in [0.25, 0.3) is 0 Å². The molecule has 0 amide bonds. The number of halogens is 2. The molecule has 0 heterocycles. The summed E-state index contributed by atoms with van der Waals surface area (Å²) in [6, 6.07) is 4.71. The van der Waals surface area contributed by atoms with Gasteiger partial charge in [-0.25, -0.2) is 4.79 Å². The Bertz CT molecular complexity index is 454. The predicted molar refractivity (Wildman–Crippen MR) is 63.8 cm³/mol. The maximum Gasteiger partial charge on any atom is 0.330 e. The third-order valence-corrected chi connectivity index (χ3v) is 2.30. The average molecular weight is 272 g/mol. The van der Waals surface area contributed by atoms with Gasteiger partial charge in [0.05, 0.1) is 6.61 Å². The third-order valence-electron chi connectivity index (χ3n) is 2.30. The molecule has 0 aliphatic heterocycles. The Morgan fingerprint density at radius 2 is 2.00 bits per heavy atom. The van der Waals surface area contributed by atoms with Gasteiger partial charge in [0.15, 0.2) is 0 Å². The fraction of sp³-hybridized carbons (Fsp3) is 0.308. The fourth-order valence-corrected chi connectivity index (χ4v) is 1.34. The van der Waals surface area contributed by atoms with E-state index >= 15 is 0 Å². The van der Waals surface area contributed by atoms with E-state index in [-0.39, 0.29) is 17.9 Å². The van der Waals surface area contributed by atoms with Gasteiger partial charge in [0.1, 0.15) is 11.9 Å². The molecule has 4 nitrogen and oxygen atoms in total. The normalized spacial score (nSPS) is 13.5. The second-order valence-electron chi connectivity index (χ2n) is 3.75. The van der Waals surface area contributed by atoms with Crippen molar-refractivity contribution in [2.45, 2.75) is 19.0 Å². The molecule has 0 saturated heterocycles. The number of esters is 1. The third kappa shape index (κ3) is 4.33. The lowest BCUT2D eigenvalue weighted by molar-refractivity contribution is -0.137. The number of aliphatic hydroxyl groups excluding tert-OH is 1. The molecule has 2 N–H and O–H groups in total. The largest absolute Gasteiger partial charge is 0.508 e. The molecule has 0 bridgehead atoms. The van der Waals surface area contributed by atoms with Crippen LogP contribution < -0.4 is 0 Å². The quantitative estimate of drug-likeness (QED) is 0.637. The molecule has 0 aliphatic carbocycles. The first kappa shape index (κ1) is 15.1. The van der Waals surface area contributed by atoms with E-state index < -0.39 is 18.0 Å². The smallest absolute Gasteiger partial charge is 0.330 e. The highest BCUT2D eigenvalue weighted by molar-refractivity contribution is 5.82. The number of aromatic hydroxyl groups is 1. The molecule has 1 aromatic carbocycles. The summed E-state index contributed by atoms with van der Waals surface area (Å²) in [6.45, 7) is 1.63. The van der Waals surface area contributed by atoms with Crippen LogP contribution in [0.15, 0.2) is 36.4 Å². The van der Waals surface area contributed by atoms with Crippen LogP contribution in [0.5, 0.6) is 5.75 Å². The van der Waals surface area contributed by atoms with Gasteiger partial charge in [0.2, 0.25) is 0 Å². The molecule has 1 atom stereocenters. The fourth-order valence-electron chi connectivity index (χ4n) is 1.34. The summed E-state index contributed by atoms with van der Waals surface area (Å²) in [4.78, 5) is 10.9. The van der Waals surface area contributed by atoms with Crippen molar-refractivity contribution in [2.75, 3.05) is 6.61 Å². The number of phenolic OH excluding ortho intramolecular Hbond substituents is 1. The maximum atomic E-state index is 13.6. The minimum Gasteiger partial charge on any atom is -0.508 e. The van der Waals surface area contributed by atoms with Crippen LogP contribution in [-0.4, -0.2) is 28.7 Å². The number of aliphatic hydroxyl groups is 1. The SMILES string of the molecule is CCOC(=O)/C=C/C(F)(F)C(O)c1ccc(O)cc1. The molecule has 1 rings (SSSR count). The summed E-state index contributed by atoms with van der Waals surface area (Å²) in [5.74, 6) is -4.62. The van der Waals surface area contributed by atoms with Gasteiger partial charge in [-0.05, 0) is 30.7 Å². The van der Waals surface area contributed by atoms with Gasteiger partial charge >= 0.3 is 5.97 Å². The van der Waals surface area contributed by atoms with Crippen molar-refractivity contribution in [1.29, 1.82) is 0 Å². The minimum atomic E-state index is -3.62. The number of carbonyl (C=O) groups is 1. The van der Waals surface area contributed by atoms with Crippen LogP contribution in [0, 0.1) is 0 Å². The van der Waals surface area contributed by atoms with Crippen molar-refractivity contribution in [3.63, 3.8) is 0 Å². The molecular formula is C13H14F2O4. The Morgan fingerprint density at radius 3 is 2.53 bits per heavy atom. The van der Waals surface area contributed by atoms with E-state index in [1.54, 1.807) is 6.92 Å². The van der Waals surface area contributed by atoms with Crippen molar-refractivity contribution in [3.8, 4) is 5.75 Å². The maximum absolute atomic E-state index is 13.6. The molecule has 6 heteroatoms. The zero-order valence-corrected chi connectivity index (χ0v) is 10.2. The van der Waals surface area contributed by atoms with E-state index in [2.05, 4.69) is 4.74 Å². The monoisotopic (exact) mass is 272 g/mol. The van der Waals surface area contributed by atoms with Gasteiger partial charge in [-0.3, -0.25) is 0 Å². The lowest BCUT2D eigenvalue weighted by atomic mass is 10.0. The molecule has 0 radical (unpaired) electrons. The average Bonchev–Trinajstić information content (AvgIpc) is 2.37. The molecule has 0 fully saturated rings. The number of alkyl halides is 2. The highest BCUT2D eigenvalue weighted by Crippen LogP contribution is 2.33. The number of carbonyl (C=O) groups excluding carboxylic acids is 1. The van der Waals surface area contributed by atoms with Crippen molar-refractivity contribution in [3.05, 3.63) is 42.0 Å². The van der Waals surface area contributed by atoms with Crippen LogP contribution in [0.3, 0.4) is 0 Å². The highest BCUT2D eigenvalue weighted by Gasteiger charge is 2.36. The summed E-state index contributed by atoms with van der Waals surface area (Å²) >= 11 is 0. The van der Waals surface area contributed by atoms with E-state index in [1.807, 2.05) is 0 Å². The first-order chi connectivity index (χ1) is 8.86. The van der Waals surface area contributed by atoms with Gasteiger partial charge in [0, 0.05) is 6.08 Å². The Balaban J connectivity index is 2.81. The van der Waals surface area contributed by atoms with E-state index in [0.29, 0.717) is 12.2 Å². The number of hydrogen-bond acceptors (Lipinski definition) is 4. The Labute approximate surface area is 108 Å². The number of hydrogen-bond donors (Lipinski definition) is 2. The Morgan fingerprint density at radius 1 is 1.42 bits per heavy atom. The number of rotatable bonds is 5. The Hall–Kier alpha value is -1.95. The van der Waals surface area contributed by atoms with Gasteiger partial charge in [0.25, 0.3) is 5.92 Å². The van der Waals surface area contributed by atoms with E-state index in [9.17, 15) is 18.7 Å². The molecule has 19 heavy (non-hydrogen) atoms. The molecule has 1 unspecified atom stereocenters. The number of ether oxygens (including phenoxy) is 1. The van der Waals surface area contributed by atoms with Crippen LogP contribution in [0.4, 0.5) is 8.78 Å². The lowest BCUT2D eigenvalue weighted by Gasteiger charge is -2.19. The molecule has 1 aromatic rings. The van der Waals surface area contributed by atoms with Crippen molar-refractivity contribution in [1.82, 2.24) is 0 Å². The lowest BCUT2D eigenvalue weighted by Crippen LogP contribution is -2.24. The molecular weight excluding hydrogens is 258 g/mol. The van der Waals surface area contributed by atoms with E-state index in [0.717, 1.165) is 0 Å². The van der Waals surface area contributed by atoms with Gasteiger partial charge in [-0.15, -0.1) is 0 Å².